The lowest BCUT2D eigenvalue weighted by Crippen LogP contribution is -2.42. The van der Waals surface area contributed by atoms with E-state index in [1.165, 1.54) is 24.6 Å². The SMILES string of the molecule is c1cnn(CC2CCCCN2c2ncnc3sccc23)c1. The van der Waals surface area contributed by atoms with Crippen LogP contribution in [0.4, 0.5) is 5.82 Å². The molecule has 108 valence electrons. The number of rotatable bonds is 3. The van der Waals surface area contributed by atoms with Crippen molar-refractivity contribution in [3.63, 3.8) is 0 Å². The number of piperidine rings is 1. The Labute approximate surface area is 127 Å². The standard InChI is InChI=1S/C15H17N5S/c1-2-8-20(12(4-1)10-19-7-3-6-18-19)14-13-5-9-21-15(13)17-11-16-14/h3,5-7,9,11-12H,1-2,4,8,10H2. The summed E-state index contributed by atoms with van der Waals surface area (Å²) in [4.78, 5) is 12.5. The van der Waals surface area contributed by atoms with Crippen molar-refractivity contribution in [3.8, 4) is 0 Å². The molecule has 0 N–H and O–H groups in total. The molecule has 3 aromatic rings. The molecule has 0 aliphatic carbocycles. The smallest absolute Gasteiger partial charge is 0.141 e. The van der Waals surface area contributed by atoms with Gasteiger partial charge in [0.25, 0.3) is 0 Å². The van der Waals surface area contributed by atoms with Crippen molar-refractivity contribution in [3.05, 3.63) is 36.2 Å². The second kappa shape index (κ2) is 5.44. The number of hydrogen-bond donors (Lipinski definition) is 0. The molecule has 0 bridgehead atoms. The molecule has 1 unspecified atom stereocenters. The minimum atomic E-state index is 0.455. The predicted molar refractivity (Wildman–Crippen MR) is 84.6 cm³/mol. The molecule has 1 atom stereocenters. The van der Waals surface area contributed by atoms with Gasteiger partial charge in [-0.3, -0.25) is 4.68 Å². The highest BCUT2D eigenvalue weighted by Crippen LogP contribution is 2.31. The summed E-state index contributed by atoms with van der Waals surface area (Å²) in [6.45, 7) is 1.98. The Morgan fingerprint density at radius 3 is 3.19 bits per heavy atom. The summed E-state index contributed by atoms with van der Waals surface area (Å²) in [6, 6.07) is 4.57. The number of aromatic nitrogens is 4. The van der Waals surface area contributed by atoms with E-state index in [0.717, 1.165) is 23.7 Å². The van der Waals surface area contributed by atoms with E-state index in [1.807, 2.05) is 23.1 Å². The van der Waals surface area contributed by atoms with Gasteiger partial charge in [0, 0.05) is 18.9 Å². The Balaban J connectivity index is 1.68. The van der Waals surface area contributed by atoms with E-state index < -0.39 is 0 Å². The van der Waals surface area contributed by atoms with Gasteiger partial charge in [-0.25, -0.2) is 9.97 Å². The maximum atomic E-state index is 4.57. The van der Waals surface area contributed by atoms with Crippen LogP contribution in [0.3, 0.4) is 0 Å². The van der Waals surface area contributed by atoms with Gasteiger partial charge in [-0.15, -0.1) is 11.3 Å². The summed E-state index contributed by atoms with van der Waals surface area (Å²) < 4.78 is 2.02. The largest absolute Gasteiger partial charge is 0.351 e. The molecule has 0 aromatic carbocycles. The highest BCUT2D eigenvalue weighted by Gasteiger charge is 2.25. The second-order valence-electron chi connectivity index (χ2n) is 5.41. The maximum Gasteiger partial charge on any atom is 0.141 e. The molecule has 6 heteroatoms. The van der Waals surface area contributed by atoms with E-state index in [9.17, 15) is 0 Å². The van der Waals surface area contributed by atoms with E-state index in [1.54, 1.807) is 17.7 Å². The average Bonchev–Trinajstić information content (AvgIpc) is 3.18. The summed E-state index contributed by atoms with van der Waals surface area (Å²) in [5.41, 5.74) is 0. The molecule has 1 fully saturated rings. The third-order valence-electron chi connectivity index (χ3n) is 4.10. The van der Waals surface area contributed by atoms with E-state index in [2.05, 4.69) is 31.4 Å². The third kappa shape index (κ3) is 2.40. The van der Waals surface area contributed by atoms with E-state index in [0.29, 0.717) is 6.04 Å². The van der Waals surface area contributed by atoms with Gasteiger partial charge < -0.3 is 4.90 Å². The fraction of sp³-hybridized carbons (Fsp3) is 0.400. The first-order chi connectivity index (χ1) is 10.4. The van der Waals surface area contributed by atoms with E-state index in [-0.39, 0.29) is 0 Å². The Morgan fingerprint density at radius 2 is 2.29 bits per heavy atom. The molecule has 0 saturated carbocycles. The molecule has 3 aromatic heterocycles. The number of thiophene rings is 1. The van der Waals surface area contributed by atoms with Gasteiger partial charge in [0.15, 0.2) is 0 Å². The molecule has 4 heterocycles. The van der Waals surface area contributed by atoms with Crippen LogP contribution in [0.2, 0.25) is 0 Å². The van der Waals surface area contributed by atoms with Gasteiger partial charge in [-0.05, 0) is 36.8 Å². The first kappa shape index (κ1) is 12.8. The molecule has 1 saturated heterocycles. The summed E-state index contributed by atoms with van der Waals surface area (Å²) in [6.07, 6.45) is 9.26. The Hall–Kier alpha value is -1.95. The third-order valence-corrected chi connectivity index (χ3v) is 4.92. The molecule has 5 nitrogen and oxygen atoms in total. The van der Waals surface area contributed by atoms with Crippen LogP contribution in [0.5, 0.6) is 0 Å². The van der Waals surface area contributed by atoms with Gasteiger partial charge >= 0.3 is 0 Å². The molecule has 0 spiro atoms. The minimum absolute atomic E-state index is 0.455. The number of fused-ring (bicyclic) bond motifs is 1. The quantitative estimate of drug-likeness (QED) is 0.746. The van der Waals surface area contributed by atoms with Crippen LogP contribution in [0.1, 0.15) is 19.3 Å². The fourth-order valence-corrected chi connectivity index (χ4v) is 3.83. The summed E-state index contributed by atoms with van der Waals surface area (Å²) in [7, 11) is 0. The van der Waals surface area contributed by atoms with Crippen LogP contribution in [0.25, 0.3) is 10.2 Å². The predicted octanol–water partition coefficient (Wildman–Crippen LogP) is 2.95. The van der Waals surface area contributed by atoms with Gasteiger partial charge in [-0.2, -0.15) is 5.10 Å². The zero-order chi connectivity index (χ0) is 14.1. The number of anilines is 1. The van der Waals surface area contributed by atoms with Crippen LogP contribution in [-0.2, 0) is 6.54 Å². The van der Waals surface area contributed by atoms with Crippen LogP contribution in [-0.4, -0.2) is 32.3 Å². The molecular formula is C15H17N5S. The normalized spacial score (nSPS) is 19.2. The molecule has 21 heavy (non-hydrogen) atoms. The van der Waals surface area contributed by atoms with Gasteiger partial charge in [0.1, 0.15) is 17.0 Å². The lowest BCUT2D eigenvalue weighted by molar-refractivity contribution is 0.397. The van der Waals surface area contributed by atoms with Crippen molar-refractivity contribution in [2.24, 2.45) is 0 Å². The molecule has 0 amide bonds. The lowest BCUT2D eigenvalue weighted by atomic mass is 10.0. The van der Waals surface area contributed by atoms with Crippen molar-refractivity contribution in [2.45, 2.75) is 31.8 Å². The Bertz CT molecular complexity index is 721. The van der Waals surface area contributed by atoms with Crippen LogP contribution >= 0.6 is 11.3 Å². The first-order valence-corrected chi connectivity index (χ1v) is 8.22. The van der Waals surface area contributed by atoms with Crippen LogP contribution in [0.15, 0.2) is 36.2 Å². The van der Waals surface area contributed by atoms with Crippen LogP contribution in [0, 0.1) is 0 Å². The minimum Gasteiger partial charge on any atom is -0.351 e. The topological polar surface area (TPSA) is 46.8 Å². The summed E-state index contributed by atoms with van der Waals surface area (Å²) in [5.74, 6) is 1.08. The van der Waals surface area contributed by atoms with Crippen molar-refractivity contribution >= 4 is 27.4 Å². The second-order valence-corrected chi connectivity index (χ2v) is 6.30. The van der Waals surface area contributed by atoms with Crippen molar-refractivity contribution in [1.29, 1.82) is 0 Å². The van der Waals surface area contributed by atoms with E-state index in [4.69, 9.17) is 0 Å². The van der Waals surface area contributed by atoms with Crippen molar-refractivity contribution < 1.29 is 0 Å². The molecule has 1 aliphatic heterocycles. The van der Waals surface area contributed by atoms with E-state index >= 15 is 0 Å². The first-order valence-electron chi connectivity index (χ1n) is 7.34. The molecular weight excluding hydrogens is 282 g/mol. The Kier molecular flexibility index (Phi) is 3.31. The van der Waals surface area contributed by atoms with Gasteiger partial charge in [-0.1, -0.05) is 0 Å². The number of nitrogens with zero attached hydrogens (tertiary/aromatic N) is 5. The van der Waals surface area contributed by atoms with Crippen molar-refractivity contribution in [2.75, 3.05) is 11.4 Å². The van der Waals surface area contributed by atoms with Crippen LogP contribution < -0.4 is 4.90 Å². The number of hydrogen-bond acceptors (Lipinski definition) is 5. The monoisotopic (exact) mass is 299 g/mol. The summed E-state index contributed by atoms with van der Waals surface area (Å²) >= 11 is 1.68. The van der Waals surface area contributed by atoms with Gasteiger partial charge in [0.05, 0.1) is 18.0 Å². The molecule has 0 radical (unpaired) electrons. The lowest BCUT2D eigenvalue weighted by Gasteiger charge is -2.36. The van der Waals surface area contributed by atoms with Crippen molar-refractivity contribution in [1.82, 2.24) is 19.7 Å². The zero-order valence-corrected chi connectivity index (χ0v) is 12.5. The average molecular weight is 299 g/mol. The maximum absolute atomic E-state index is 4.57. The highest BCUT2D eigenvalue weighted by molar-refractivity contribution is 7.16. The highest BCUT2D eigenvalue weighted by atomic mass is 32.1. The zero-order valence-electron chi connectivity index (χ0n) is 11.7. The Morgan fingerprint density at radius 1 is 1.29 bits per heavy atom. The fourth-order valence-electron chi connectivity index (χ4n) is 3.10. The molecule has 1 aliphatic rings. The van der Waals surface area contributed by atoms with Gasteiger partial charge in [0.2, 0.25) is 0 Å². The molecule has 4 rings (SSSR count). The summed E-state index contributed by atoms with van der Waals surface area (Å²) in [5, 5.41) is 7.62.